The Kier molecular flexibility index (Phi) is 4.18. The summed E-state index contributed by atoms with van der Waals surface area (Å²) >= 11 is 0. The van der Waals surface area contributed by atoms with E-state index in [9.17, 15) is 13.2 Å². The molecule has 1 N–H and O–H groups in total. The number of nitrogens with one attached hydrogen (secondary N) is 1. The number of fused-ring (bicyclic) bond motifs is 1. The molecule has 0 atom stereocenters. The molecule has 128 valence electrons. The zero-order chi connectivity index (χ0) is 17.4. The van der Waals surface area contributed by atoms with Gasteiger partial charge in [-0.05, 0) is 36.6 Å². The van der Waals surface area contributed by atoms with Gasteiger partial charge >= 0.3 is 0 Å². The minimum Gasteiger partial charge on any atom is -0.372 e. The number of sulfonamides is 1. The lowest BCUT2D eigenvalue weighted by molar-refractivity contribution is -0.126. The zero-order valence-electron chi connectivity index (χ0n) is 13.5. The van der Waals surface area contributed by atoms with E-state index in [1.54, 1.807) is 32.2 Å². The summed E-state index contributed by atoms with van der Waals surface area (Å²) in [6.45, 7) is 4.26. The van der Waals surface area contributed by atoms with Gasteiger partial charge in [-0.2, -0.15) is 5.10 Å². The number of hydrogen-bond acceptors (Lipinski definition) is 5. The van der Waals surface area contributed by atoms with Gasteiger partial charge in [0.05, 0.1) is 19.0 Å². The Morgan fingerprint density at radius 3 is 2.79 bits per heavy atom. The number of aromatic nitrogens is 2. The van der Waals surface area contributed by atoms with Crippen molar-refractivity contribution in [1.82, 2.24) is 14.5 Å². The van der Waals surface area contributed by atoms with Crippen molar-refractivity contribution in [1.29, 1.82) is 0 Å². The summed E-state index contributed by atoms with van der Waals surface area (Å²) in [5.41, 5.74) is 1.57. The highest BCUT2D eigenvalue weighted by molar-refractivity contribution is 7.89. The van der Waals surface area contributed by atoms with Gasteiger partial charge in [0.1, 0.15) is 5.54 Å². The molecule has 24 heavy (non-hydrogen) atoms. The van der Waals surface area contributed by atoms with Crippen LogP contribution in [0.1, 0.15) is 30.5 Å². The summed E-state index contributed by atoms with van der Waals surface area (Å²) in [7, 11) is -3.81. The Morgan fingerprint density at radius 1 is 1.33 bits per heavy atom. The summed E-state index contributed by atoms with van der Waals surface area (Å²) in [6, 6.07) is 7.10. The monoisotopic (exact) mass is 349 g/mol. The Bertz CT molecular complexity index is 857. The fraction of sp³-hybridized carbons (Fsp3) is 0.375. The smallest absolute Gasteiger partial charge is 0.260 e. The standard InChI is InChI=1S/C16H19N3O4S/c1-16(2,19-7-3-6-17-19)15(20)18-24(21,22)11-12-4-5-13-9-23-10-14(13)8-12/h3-8H,9-11H2,1-2H3,(H,18,20). The van der Waals surface area contributed by atoms with Crippen molar-refractivity contribution in [2.45, 2.75) is 38.4 Å². The molecule has 1 aliphatic heterocycles. The number of amides is 1. The maximum Gasteiger partial charge on any atom is 0.260 e. The van der Waals surface area contributed by atoms with Crippen LogP contribution in [0.2, 0.25) is 0 Å². The van der Waals surface area contributed by atoms with Gasteiger partial charge in [0.2, 0.25) is 10.0 Å². The molecule has 0 unspecified atom stereocenters. The lowest BCUT2D eigenvalue weighted by Gasteiger charge is -2.24. The van der Waals surface area contributed by atoms with Crippen LogP contribution in [0.5, 0.6) is 0 Å². The fourth-order valence-corrected chi connectivity index (χ4v) is 3.76. The van der Waals surface area contributed by atoms with Crippen molar-refractivity contribution in [3.63, 3.8) is 0 Å². The predicted octanol–water partition coefficient (Wildman–Crippen LogP) is 1.29. The van der Waals surface area contributed by atoms with Crippen LogP contribution in [0, 0.1) is 0 Å². The molecule has 1 aromatic carbocycles. The lowest BCUT2D eigenvalue weighted by Crippen LogP contribution is -2.47. The normalized spacial score (nSPS) is 14.4. The molecular weight excluding hydrogens is 330 g/mol. The van der Waals surface area contributed by atoms with Crippen molar-refractivity contribution in [2.75, 3.05) is 0 Å². The van der Waals surface area contributed by atoms with Gasteiger partial charge in [-0.25, -0.2) is 8.42 Å². The molecule has 3 rings (SSSR count). The Hall–Kier alpha value is -2.19. The van der Waals surface area contributed by atoms with Crippen LogP contribution < -0.4 is 4.72 Å². The molecule has 1 aliphatic rings. The summed E-state index contributed by atoms with van der Waals surface area (Å²) in [5, 5.41) is 4.01. The van der Waals surface area contributed by atoms with E-state index < -0.39 is 21.5 Å². The van der Waals surface area contributed by atoms with Crippen LogP contribution >= 0.6 is 0 Å². The van der Waals surface area contributed by atoms with E-state index in [1.165, 1.54) is 10.9 Å². The first kappa shape index (κ1) is 16.7. The molecule has 7 nitrogen and oxygen atoms in total. The SMILES string of the molecule is CC(C)(C(=O)NS(=O)(=O)Cc1ccc2c(c1)COC2)n1cccn1. The first-order chi connectivity index (χ1) is 11.3. The highest BCUT2D eigenvalue weighted by atomic mass is 32.2. The van der Waals surface area contributed by atoms with Crippen LogP contribution in [0.15, 0.2) is 36.7 Å². The fourth-order valence-electron chi connectivity index (χ4n) is 2.54. The average Bonchev–Trinajstić information content (AvgIpc) is 3.17. The van der Waals surface area contributed by atoms with Crippen LogP contribution in [-0.4, -0.2) is 24.1 Å². The van der Waals surface area contributed by atoms with Gasteiger partial charge in [-0.1, -0.05) is 18.2 Å². The van der Waals surface area contributed by atoms with Crippen molar-refractivity contribution < 1.29 is 17.9 Å². The van der Waals surface area contributed by atoms with Gasteiger partial charge < -0.3 is 4.74 Å². The van der Waals surface area contributed by atoms with Gasteiger partial charge in [-0.3, -0.25) is 14.2 Å². The van der Waals surface area contributed by atoms with Crippen LogP contribution in [0.3, 0.4) is 0 Å². The summed E-state index contributed by atoms with van der Waals surface area (Å²) in [5.74, 6) is -0.892. The molecule has 0 saturated carbocycles. The highest BCUT2D eigenvalue weighted by Gasteiger charge is 2.33. The third-order valence-electron chi connectivity index (χ3n) is 4.02. The minimum absolute atomic E-state index is 0.263. The molecular formula is C16H19N3O4S. The van der Waals surface area contributed by atoms with Crippen LogP contribution in [0.25, 0.3) is 0 Å². The van der Waals surface area contributed by atoms with E-state index in [-0.39, 0.29) is 5.75 Å². The molecule has 0 spiro atoms. The maximum atomic E-state index is 12.4. The number of benzene rings is 1. The largest absolute Gasteiger partial charge is 0.372 e. The third kappa shape index (κ3) is 3.34. The molecule has 2 heterocycles. The van der Waals surface area contributed by atoms with Gasteiger partial charge in [0.25, 0.3) is 5.91 Å². The van der Waals surface area contributed by atoms with E-state index in [0.717, 1.165) is 11.1 Å². The van der Waals surface area contributed by atoms with E-state index in [0.29, 0.717) is 18.8 Å². The summed E-state index contributed by atoms with van der Waals surface area (Å²) in [4.78, 5) is 12.4. The Morgan fingerprint density at radius 2 is 2.08 bits per heavy atom. The number of ether oxygens (including phenoxy) is 1. The van der Waals surface area contributed by atoms with Crippen molar-refractivity contribution >= 4 is 15.9 Å². The molecule has 0 fully saturated rings. The molecule has 1 aromatic heterocycles. The maximum absolute atomic E-state index is 12.4. The molecule has 1 amide bonds. The van der Waals surface area contributed by atoms with E-state index in [4.69, 9.17) is 4.74 Å². The van der Waals surface area contributed by atoms with E-state index >= 15 is 0 Å². The number of hydrogen-bond donors (Lipinski definition) is 1. The summed E-state index contributed by atoms with van der Waals surface area (Å²) in [6.07, 6.45) is 3.16. The van der Waals surface area contributed by atoms with Crippen LogP contribution in [0.4, 0.5) is 0 Å². The second-order valence-corrected chi connectivity index (χ2v) is 8.02. The first-order valence-corrected chi connectivity index (χ1v) is 9.17. The summed E-state index contributed by atoms with van der Waals surface area (Å²) < 4.78 is 33.6. The van der Waals surface area contributed by atoms with Gasteiger partial charge in [0.15, 0.2) is 0 Å². The van der Waals surface area contributed by atoms with Crippen LogP contribution in [-0.2, 0) is 44.1 Å². The van der Waals surface area contributed by atoms with E-state index in [1.807, 2.05) is 12.1 Å². The second-order valence-electron chi connectivity index (χ2n) is 6.30. The number of carbonyl (C=O) groups excluding carboxylic acids is 1. The number of rotatable bonds is 5. The molecule has 0 radical (unpaired) electrons. The molecule has 8 heteroatoms. The number of carbonyl (C=O) groups is 1. The Balaban J connectivity index is 1.73. The van der Waals surface area contributed by atoms with Crippen molar-refractivity contribution in [3.05, 3.63) is 53.3 Å². The first-order valence-electron chi connectivity index (χ1n) is 7.51. The van der Waals surface area contributed by atoms with E-state index in [2.05, 4.69) is 9.82 Å². The third-order valence-corrected chi connectivity index (χ3v) is 5.23. The van der Waals surface area contributed by atoms with Crippen molar-refractivity contribution in [2.24, 2.45) is 0 Å². The number of nitrogens with zero attached hydrogens (tertiary/aromatic N) is 2. The Labute approximate surface area is 140 Å². The average molecular weight is 349 g/mol. The highest BCUT2D eigenvalue weighted by Crippen LogP contribution is 2.22. The van der Waals surface area contributed by atoms with Crippen molar-refractivity contribution in [3.8, 4) is 0 Å². The zero-order valence-corrected chi connectivity index (χ0v) is 14.3. The van der Waals surface area contributed by atoms with Gasteiger partial charge in [-0.15, -0.1) is 0 Å². The quantitative estimate of drug-likeness (QED) is 0.878. The lowest BCUT2D eigenvalue weighted by atomic mass is 10.1. The molecule has 0 bridgehead atoms. The predicted molar refractivity (Wildman–Crippen MR) is 87.3 cm³/mol. The van der Waals surface area contributed by atoms with Gasteiger partial charge in [0, 0.05) is 12.4 Å². The molecule has 2 aromatic rings. The second kappa shape index (κ2) is 6.03. The molecule has 0 saturated heterocycles. The molecule has 0 aliphatic carbocycles. The topological polar surface area (TPSA) is 90.3 Å². The minimum atomic E-state index is -3.81.